The summed E-state index contributed by atoms with van der Waals surface area (Å²) in [5.41, 5.74) is 2.04. The van der Waals surface area contributed by atoms with Gasteiger partial charge in [0, 0.05) is 35.8 Å². The third-order valence-electron chi connectivity index (χ3n) is 5.31. The number of ether oxygens (including phenoxy) is 1. The molecule has 5 nitrogen and oxygen atoms in total. The maximum Gasteiger partial charge on any atom is 0.417 e. The van der Waals surface area contributed by atoms with Gasteiger partial charge < -0.3 is 15.4 Å². The van der Waals surface area contributed by atoms with E-state index in [1.54, 1.807) is 43.5 Å². The van der Waals surface area contributed by atoms with Crippen LogP contribution in [0.2, 0.25) is 5.02 Å². The van der Waals surface area contributed by atoms with E-state index in [9.17, 15) is 18.0 Å². The molecule has 0 spiro atoms. The van der Waals surface area contributed by atoms with Crippen molar-refractivity contribution in [2.45, 2.75) is 39.8 Å². The van der Waals surface area contributed by atoms with Crippen LogP contribution in [0, 0.1) is 0 Å². The first-order valence-electron chi connectivity index (χ1n) is 11.9. The molecule has 202 valence electrons. The molecule has 2 N–H and O–H groups in total. The highest BCUT2D eigenvalue weighted by atomic mass is 35.5. The fourth-order valence-corrected chi connectivity index (χ4v) is 3.81. The van der Waals surface area contributed by atoms with Gasteiger partial charge in [-0.3, -0.25) is 4.99 Å². The number of anilines is 2. The quantitative estimate of drug-likeness (QED) is 0.177. The molecular formula is C29H31ClF3N3O2. The molecule has 0 atom stereocenters. The number of carbonyl (C=O) groups is 1. The smallest absolute Gasteiger partial charge is 0.417 e. The van der Waals surface area contributed by atoms with Gasteiger partial charge in [0.2, 0.25) is 0 Å². The van der Waals surface area contributed by atoms with Crippen LogP contribution in [-0.4, -0.2) is 18.8 Å². The molecular weight excluding hydrogens is 515 g/mol. The second kappa shape index (κ2) is 14.2. The van der Waals surface area contributed by atoms with Crippen molar-refractivity contribution in [2.24, 2.45) is 4.99 Å². The molecule has 0 aromatic heterocycles. The normalized spacial score (nSPS) is 13.3. The Hall–Kier alpha value is -3.78. The largest absolute Gasteiger partial charge is 0.457 e. The standard InChI is InChI=1S/C29H31ClF3N3O2/c1-6-10-23(19(4)26(34-5)11-7-2)27(12-8-3)38-22-14-9-13-20(17-22)35-28(37)36-21-15-16-25(30)24(18-21)29(31,32)33/h6,8-10,12-18H,3,7,11H2,1-2,4-5H3,(H2,35,36,37)/b10-6?,23-19?,27-12+,34-26?. The second-order valence-corrected chi connectivity index (χ2v) is 8.53. The van der Waals surface area contributed by atoms with Crippen LogP contribution in [0.5, 0.6) is 5.75 Å². The summed E-state index contributed by atoms with van der Waals surface area (Å²) in [4.78, 5) is 16.9. The number of alkyl halides is 3. The van der Waals surface area contributed by atoms with Crippen molar-refractivity contribution >= 4 is 34.7 Å². The molecule has 38 heavy (non-hydrogen) atoms. The van der Waals surface area contributed by atoms with Gasteiger partial charge in [-0.05, 0) is 62.2 Å². The van der Waals surface area contributed by atoms with Crippen LogP contribution in [0.25, 0.3) is 0 Å². The highest BCUT2D eigenvalue weighted by Crippen LogP contribution is 2.36. The first-order chi connectivity index (χ1) is 18.0. The summed E-state index contributed by atoms with van der Waals surface area (Å²) < 4.78 is 45.6. The molecule has 2 amide bonds. The van der Waals surface area contributed by atoms with Crippen molar-refractivity contribution in [3.8, 4) is 5.75 Å². The number of benzene rings is 2. The van der Waals surface area contributed by atoms with Crippen LogP contribution in [0.15, 0.2) is 95.2 Å². The van der Waals surface area contributed by atoms with E-state index in [-0.39, 0.29) is 5.69 Å². The Morgan fingerprint density at radius 2 is 1.84 bits per heavy atom. The zero-order valence-corrected chi connectivity index (χ0v) is 22.5. The number of allylic oxidation sites excluding steroid dienone is 5. The van der Waals surface area contributed by atoms with E-state index in [1.807, 2.05) is 26.0 Å². The molecule has 0 fully saturated rings. The van der Waals surface area contributed by atoms with Gasteiger partial charge in [0.1, 0.15) is 11.5 Å². The SMILES string of the molecule is C=C/C=C(/Oc1cccc(NC(=O)Nc2ccc(Cl)c(C(F)(F)F)c2)c1)C(C=CC)=C(C)C(CCC)=NC. The van der Waals surface area contributed by atoms with Gasteiger partial charge in [0.05, 0.1) is 10.6 Å². The lowest BCUT2D eigenvalue weighted by atomic mass is 9.99. The molecule has 0 aliphatic carbocycles. The summed E-state index contributed by atoms with van der Waals surface area (Å²) in [7, 11) is 1.76. The minimum Gasteiger partial charge on any atom is -0.457 e. The van der Waals surface area contributed by atoms with Crippen LogP contribution >= 0.6 is 11.6 Å². The van der Waals surface area contributed by atoms with E-state index in [1.165, 1.54) is 6.07 Å². The summed E-state index contributed by atoms with van der Waals surface area (Å²) in [6.45, 7) is 9.77. The highest BCUT2D eigenvalue weighted by molar-refractivity contribution is 6.31. The van der Waals surface area contributed by atoms with E-state index < -0.39 is 22.8 Å². The van der Waals surface area contributed by atoms with E-state index in [2.05, 4.69) is 29.1 Å². The van der Waals surface area contributed by atoms with Gasteiger partial charge in [0.15, 0.2) is 0 Å². The maximum absolute atomic E-state index is 13.1. The molecule has 0 bridgehead atoms. The predicted octanol–water partition coefficient (Wildman–Crippen LogP) is 9.21. The van der Waals surface area contributed by atoms with Gasteiger partial charge >= 0.3 is 12.2 Å². The Labute approximate surface area is 226 Å². The molecule has 9 heteroatoms. The monoisotopic (exact) mass is 545 g/mol. The van der Waals surface area contributed by atoms with Gasteiger partial charge in [-0.1, -0.05) is 55.8 Å². The first-order valence-corrected chi connectivity index (χ1v) is 12.3. The van der Waals surface area contributed by atoms with Crippen molar-refractivity contribution < 1.29 is 22.7 Å². The second-order valence-electron chi connectivity index (χ2n) is 8.13. The molecule has 0 heterocycles. The summed E-state index contributed by atoms with van der Waals surface area (Å²) in [5.74, 6) is 0.970. The molecule has 0 radical (unpaired) electrons. The third kappa shape index (κ3) is 8.66. The zero-order chi connectivity index (χ0) is 28.3. The molecule has 0 aliphatic heterocycles. The topological polar surface area (TPSA) is 62.7 Å². The van der Waals surface area contributed by atoms with E-state index in [4.69, 9.17) is 16.3 Å². The Morgan fingerprint density at radius 3 is 2.42 bits per heavy atom. The number of halogens is 4. The number of rotatable bonds is 10. The molecule has 0 unspecified atom stereocenters. The lowest BCUT2D eigenvalue weighted by Gasteiger charge is -2.16. The number of nitrogens with one attached hydrogen (secondary N) is 2. The minimum atomic E-state index is -4.65. The summed E-state index contributed by atoms with van der Waals surface area (Å²) in [6.07, 6.45) is 4.31. The average molecular weight is 546 g/mol. The molecule has 0 saturated carbocycles. The molecule has 2 rings (SSSR count). The van der Waals surface area contributed by atoms with E-state index >= 15 is 0 Å². The van der Waals surface area contributed by atoms with Crippen LogP contribution in [-0.2, 0) is 6.18 Å². The fourth-order valence-electron chi connectivity index (χ4n) is 3.58. The minimum absolute atomic E-state index is 0.0556. The fraction of sp³-hybridized carbons (Fsp3) is 0.241. The van der Waals surface area contributed by atoms with Crippen LogP contribution in [0.3, 0.4) is 0 Å². The van der Waals surface area contributed by atoms with Gasteiger partial charge in [-0.2, -0.15) is 13.2 Å². The number of amides is 2. The van der Waals surface area contributed by atoms with Gasteiger partial charge in [-0.25, -0.2) is 4.79 Å². The van der Waals surface area contributed by atoms with Crippen molar-refractivity contribution in [1.82, 2.24) is 0 Å². The van der Waals surface area contributed by atoms with Crippen molar-refractivity contribution in [2.75, 3.05) is 17.7 Å². The van der Waals surface area contributed by atoms with Crippen LogP contribution in [0.4, 0.5) is 29.3 Å². The maximum atomic E-state index is 13.1. The number of carbonyl (C=O) groups excluding carboxylic acids is 1. The predicted molar refractivity (Wildman–Crippen MR) is 150 cm³/mol. The van der Waals surface area contributed by atoms with Crippen molar-refractivity contribution in [3.05, 3.63) is 101 Å². The summed E-state index contributed by atoms with van der Waals surface area (Å²) in [6, 6.07) is 9.04. The third-order valence-corrected chi connectivity index (χ3v) is 5.64. The van der Waals surface area contributed by atoms with E-state index in [0.717, 1.165) is 41.8 Å². The Kier molecular flexibility index (Phi) is 11.4. The summed E-state index contributed by atoms with van der Waals surface area (Å²) >= 11 is 5.64. The number of nitrogens with zero attached hydrogens (tertiary/aromatic N) is 1. The van der Waals surface area contributed by atoms with Gasteiger partial charge in [-0.15, -0.1) is 0 Å². The lowest BCUT2D eigenvalue weighted by Crippen LogP contribution is -2.20. The number of hydrogen-bond acceptors (Lipinski definition) is 3. The first kappa shape index (κ1) is 30.4. The Bertz CT molecular complexity index is 1280. The highest BCUT2D eigenvalue weighted by Gasteiger charge is 2.33. The number of aliphatic imine (C=N–C) groups is 1. The Balaban J connectivity index is 2.28. The molecule has 0 aliphatic rings. The van der Waals surface area contributed by atoms with Crippen molar-refractivity contribution in [3.63, 3.8) is 0 Å². The zero-order valence-electron chi connectivity index (χ0n) is 21.7. The van der Waals surface area contributed by atoms with E-state index in [0.29, 0.717) is 17.2 Å². The van der Waals surface area contributed by atoms with Crippen LogP contribution < -0.4 is 15.4 Å². The average Bonchev–Trinajstić information content (AvgIpc) is 2.86. The lowest BCUT2D eigenvalue weighted by molar-refractivity contribution is -0.137. The number of hydrogen-bond donors (Lipinski definition) is 2. The molecule has 0 saturated heterocycles. The Morgan fingerprint density at radius 1 is 1.16 bits per heavy atom. The molecule has 2 aromatic rings. The van der Waals surface area contributed by atoms with Crippen LogP contribution in [0.1, 0.15) is 39.2 Å². The van der Waals surface area contributed by atoms with Crippen molar-refractivity contribution in [1.29, 1.82) is 0 Å². The van der Waals surface area contributed by atoms with Gasteiger partial charge in [0.25, 0.3) is 0 Å². The summed E-state index contributed by atoms with van der Waals surface area (Å²) in [5, 5.41) is 4.54. The molecule has 2 aromatic carbocycles. The number of urea groups is 1.